The zero-order chi connectivity index (χ0) is 16.8. The van der Waals surface area contributed by atoms with Gasteiger partial charge in [0.15, 0.2) is 23.9 Å². The Hall–Kier alpha value is -3.42. The summed E-state index contributed by atoms with van der Waals surface area (Å²) in [5.41, 5.74) is 0.511. The fourth-order valence-electron chi connectivity index (χ4n) is 2.06. The van der Waals surface area contributed by atoms with Gasteiger partial charge in [-0.1, -0.05) is 12.1 Å². The maximum absolute atomic E-state index is 12.2. The van der Waals surface area contributed by atoms with Crippen molar-refractivity contribution >= 4 is 11.6 Å². The normalized spacial score (nSPS) is 10.2. The van der Waals surface area contributed by atoms with E-state index in [2.05, 4.69) is 20.4 Å². The lowest BCUT2D eigenvalue weighted by Gasteiger charge is -2.12. The SMILES string of the molecule is COc1ccccc1OCC(=O)Nc1cccnc1-n1cncn1. The third-order valence-electron chi connectivity index (χ3n) is 3.12. The number of pyridine rings is 1. The lowest BCUT2D eigenvalue weighted by Crippen LogP contribution is -2.21. The molecule has 1 aromatic carbocycles. The number of ether oxygens (including phenoxy) is 2. The zero-order valence-electron chi connectivity index (χ0n) is 12.9. The molecule has 1 amide bonds. The van der Waals surface area contributed by atoms with Crippen LogP contribution in [0.2, 0.25) is 0 Å². The van der Waals surface area contributed by atoms with E-state index in [0.717, 1.165) is 0 Å². The molecule has 0 radical (unpaired) electrons. The summed E-state index contributed by atoms with van der Waals surface area (Å²) < 4.78 is 12.1. The minimum absolute atomic E-state index is 0.161. The van der Waals surface area contributed by atoms with Crippen molar-refractivity contribution in [3.63, 3.8) is 0 Å². The molecule has 0 spiro atoms. The summed E-state index contributed by atoms with van der Waals surface area (Å²) in [6.07, 6.45) is 4.51. The molecule has 122 valence electrons. The quantitative estimate of drug-likeness (QED) is 0.741. The highest BCUT2D eigenvalue weighted by molar-refractivity contribution is 5.93. The molecule has 0 aliphatic rings. The molecular weight excluding hydrogens is 310 g/mol. The standard InChI is InChI=1S/C16H15N5O3/c1-23-13-6-2-3-7-14(13)24-9-15(22)20-12-5-4-8-18-16(12)21-11-17-10-19-21/h2-8,10-11H,9H2,1H3,(H,20,22). The van der Waals surface area contributed by atoms with Crippen LogP contribution in [0.25, 0.3) is 5.82 Å². The number of amides is 1. The van der Waals surface area contributed by atoms with E-state index in [1.807, 2.05) is 6.07 Å². The molecule has 0 saturated heterocycles. The minimum atomic E-state index is -0.324. The molecule has 1 N–H and O–H groups in total. The van der Waals surface area contributed by atoms with Crippen LogP contribution in [-0.4, -0.2) is 39.4 Å². The van der Waals surface area contributed by atoms with Crippen LogP contribution < -0.4 is 14.8 Å². The fourth-order valence-corrected chi connectivity index (χ4v) is 2.06. The van der Waals surface area contributed by atoms with Crippen LogP contribution in [0.15, 0.2) is 55.2 Å². The molecule has 3 aromatic rings. The van der Waals surface area contributed by atoms with E-state index in [4.69, 9.17) is 9.47 Å². The van der Waals surface area contributed by atoms with Crippen LogP contribution in [-0.2, 0) is 4.79 Å². The van der Waals surface area contributed by atoms with Gasteiger partial charge in [0.2, 0.25) is 0 Å². The number of para-hydroxylation sites is 2. The van der Waals surface area contributed by atoms with E-state index >= 15 is 0 Å². The van der Waals surface area contributed by atoms with Gasteiger partial charge in [-0.2, -0.15) is 5.10 Å². The van der Waals surface area contributed by atoms with E-state index in [9.17, 15) is 4.79 Å². The van der Waals surface area contributed by atoms with Crippen molar-refractivity contribution in [2.24, 2.45) is 0 Å². The Labute approximate surface area is 138 Å². The first-order valence-corrected chi connectivity index (χ1v) is 7.13. The number of nitrogens with one attached hydrogen (secondary N) is 1. The molecule has 2 aromatic heterocycles. The average molecular weight is 325 g/mol. The number of hydrogen-bond acceptors (Lipinski definition) is 6. The number of hydrogen-bond donors (Lipinski definition) is 1. The van der Waals surface area contributed by atoms with Crippen LogP contribution in [0.3, 0.4) is 0 Å². The predicted octanol–water partition coefficient (Wildman–Crippen LogP) is 1.69. The molecular formula is C16H15N5O3. The number of methoxy groups -OCH3 is 1. The van der Waals surface area contributed by atoms with Gasteiger partial charge in [0.05, 0.1) is 12.8 Å². The molecule has 0 aliphatic carbocycles. The molecule has 24 heavy (non-hydrogen) atoms. The van der Waals surface area contributed by atoms with E-state index in [0.29, 0.717) is 23.0 Å². The summed E-state index contributed by atoms with van der Waals surface area (Å²) in [5, 5.41) is 6.77. The van der Waals surface area contributed by atoms with Crippen molar-refractivity contribution in [1.82, 2.24) is 19.7 Å². The lowest BCUT2D eigenvalue weighted by molar-refractivity contribution is -0.118. The lowest BCUT2D eigenvalue weighted by atomic mass is 10.3. The van der Waals surface area contributed by atoms with Gasteiger partial charge in [0, 0.05) is 6.20 Å². The number of anilines is 1. The van der Waals surface area contributed by atoms with E-state index in [-0.39, 0.29) is 12.5 Å². The molecule has 0 atom stereocenters. The number of aromatic nitrogens is 4. The van der Waals surface area contributed by atoms with Crippen LogP contribution in [0.5, 0.6) is 11.5 Å². The van der Waals surface area contributed by atoms with Gasteiger partial charge in [-0.15, -0.1) is 0 Å². The summed E-state index contributed by atoms with van der Waals surface area (Å²) in [4.78, 5) is 20.2. The summed E-state index contributed by atoms with van der Waals surface area (Å²) in [5.74, 6) is 1.21. The van der Waals surface area contributed by atoms with Gasteiger partial charge < -0.3 is 14.8 Å². The number of nitrogens with zero attached hydrogens (tertiary/aromatic N) is 4. The first kappa shape index (κ1) is 15.5. The van der Waals surface area contributed by atoms with Gasteiger partial charge in [0.1, 0.15) is 12.7 Å². The second kappa shape index (κ2) is 7.23. The highest BCUT2D eigenvalue weighted by atomic mass is 16.5. The average Bonchev–Trinajstić information content (AvgIpc) is 3.15. The molecule has 3 rings (SSSR count). The van der Waals surface area contributed by atoms with Crippen LogP contribution in [0.4, 0.5) is 5.69 Å². The maximum Gasteiger partial charge on any atom is 0.262 e. The van der Waals surface area contributed by atoms with E-state index in [1.54, 1.807) is 43.6 Å². The van der Waals surface area contributed by atoms with Crippen molar-refractivity contribution in [3.8, 4) is 17.3 Å². The third-order valence-corrected chi connectivity index (χ3v) is 3.12. The Balaban J connectivity index is 1.68. The van der Waals surface area contributed by atoms with E-state index < -0.39 is 0 Å². The highest BCUT2D eigenvalue weighted by Crippen LogP contribution is 2.25. The molecule has 0 aliphatic heterocycles. The van der Waals surface area contributed by atoms with Crippen LogP contribution >= 0.6 is 0 Å². The predicted molar refractivity (Wildman–Crippen MR) is 86.3 cm³/mol. The number of rotatable bonds is 6. The summed E-state index contributed by atoms with van der Waals surface area (Å²) in [6, 6.07) is 10.6. The molecule has 8 heteroatoms. The molecule has 0 unspecified atom stereocenters. The minimum Gasteiger partial charge on any atom is -0.493 e. The number of carbonyl (C=O) groups is 1. The van der Waals surface area contributed by atoms with Gasteiger partial charge in [-0.05, 0) is 24.3 Å². The van der Waals surface area contributed by atoms with Crippen LogP contribution in [0.1, 0.15) is 0 Å². The first-order chi connectivity index (χ1) is 11.8. The van der Waals surface area contributed by atoms with Crippen molar-refractivity contribution < 1.29 is 14.3 Å². The fraction of sp³-hybridized carbons (Fsp3) is 0.125. The summed E-state index contributed by atoms with van der Waals surface area (Å²) >= 11 is 0. The van der Waals surface area contributed by atoms with Crippen molar-refractivity contribution in [2.45, 2.75) is 0 Å². The largest absolute Gasteiger partial charge is 0.493 e. The highest BCUT2D eigenvalue weighted by Gasteiger charge is 2.11. The Morgan fingerprint density at radius 3 is 2.79 bits per heavy atom. The molecule has 0 bridgehead atoms. The zero-order valence-corrected chi connectivity index (χ0v) is 12.9. The number of carbonyl (C=O) groups excluding carboxylic acids is 1. The molecule has 0 fully saturated rings. The Morgan fingerprint density at radius 1 is 1.21 bits per heavy atom. The Morgan fingerprint density at radius 2 is 2.04 bits per heavy atom. The molecule has 8 nitrogen and oxygen atoms in total. The molecule has 2 heterocycles. The third kappa shape index (κ3) is 3.49. The first-order valence-electron chi connectivity index (χ1n) is 7.13. The Bertz CT molecular complexity index is 820. The van der Waals surface area contributed by atoms with Gasteiger partial charge in [-0.3, -0.25) is 4.79 Å². The van der Waals surface area contributed by atoms with Crippen molar-refractivity contribution in [2.75, 3.05) is 19.0 Å². The number of benzene rings is 1. The maximum atomic E-state index is 12.2. The Kier molecular flexibility index (Phi) is 4.66. The summed E-state index contributed by atoms with van der Waals surface area (Å²) in [7, 11) is 1.54. The van der Waals surface area contributed by atoms with Gasteiger partial charge in [-0.25, -0.2) is 14.6 Å². The van der Waals surface area contributed by atoms with Gasteiger partial charge >= 0.3 is 0 Å². The second-order valence-electron chi connectivity index (χ2n) is 4.70. The van der Waals surface area contributed by atoms with E-state index in [1.165, 1.54) is 17.3 Å². The van der Waals surface area contributed by atoms with Gasteiger partial charge in [0.25, 0.3) is 5.91 Å². The smallest absolute Gasteiger partial charge is 0.262 e. The monoisotopic (exact) mass is 325 g/mol. The molecule has 0 saturated carbocycles. The second-order valence-corrected chi connectivity index (χ2v) is 4.70. The summed E-state index contributed by atoms with van der Waals surface area (Å²) in [6.45, 7) is -0.161. The topological polar surface area (TPSA) is 91.2 Å². The van der Waals surface area contributed by atoms with Crippen molar-refractivity contribution in [1.29, 1.82) is 0 Å². The van der Waals surface area contributed by atoms with Crippen molar-refractivity contribution in [3.05, 3.63) is 55.2 Å². The van der Waals surface area contributed by atoms with Crippen LogP contribution in [0, 0.1) is 0 Å².